The molecule has 0 saturated carbocycles. The van der Waals surface area contributed by atoms with Crippen molar-refractivity contribution < 1.29 is 0 Å². The van der Waals surface area contributed by atoms with Gasteiger partial charge < -0.3 is 5.32 Å². The molecule has 2 rings (SSSR count). The number of nitrogens with one attached hydrogen (secondary N) is 1. The lowest BCUT2D eigenvalue weighted by Crippen LogP contribution is -2.05. The number of nitrogens with zero attached hydrogens (tertiary/aromatic N) is 3. The van der Waals surface area contributed by atoms with E-state index in [2.05, 4.69) is 20.3 Å². The van der Waals surface area contributed by atoms with Gasteiger partial charge in [-0.25, -0.2) is 15.0 Å². The van der Waals surface area contributed by atoms with E-state index in [1.807, 2.05) is 33.8 Å². The van der Waals surface area contributed by atoms with Gasteiger partial charge in [-0.05, 0) is 33.8 Å². The molecule has 2 aromatic rings. The number of aromatic nitrogens is 3. The number of hydrogen-bond donors (Lipinski definition) is 1. The normalized spacial score (nSPS) is 10.6. The molecule has 0 atom stereocenters. The third-order valence-electron chi connectivity index (χ3n) is 2.39. The molecule has 0 saturated heterocycles. The predicted octanol–water partition coefficient (Wildman–Crippen LogP) is 2.78. The molecule has 90 valence electrons. The standard InChI is InChI=1S/C12H16N4S/c1-7-5-8(2)15-12(14-7)13-6-11-9(3)16-10(4)17-11/h5H,6H2,1-4H3,(H,13,14,15). The minimum absolute atomic E-state index is 0.688. The highest BCUT2D eigenvalue weighted by Gasteiger charge is 2.05. The first-order valence-corrected chi connectivity index (χ1v) is 6.35. The molecule has 0 bridgehead atoms. The SMILES string of the molecule is Cc1cc(C)nc(NCc2sc(C)nc2C)n1. The van der Waals surface area contributed by atoms with Gasteiger partial charge in [0.05, 0.1) is 17.2 Å². The summed E-state index contributed by atoms with van der Waals surface area (Å²) in [5, 5.41) is 4.34. The zero-order valence-corrected chi connectivity index (χ0v) is 11.4. The lowest BCUT2D eigenvalue weighted by molar-refractivity contribution is 1.00. The summed E-state index contributed by atoms with van der Waals surface area (Å²) in [4.78, 5) is 14.3. The Morgan fingerprint density at radius 1 is 1.06 bits per heavy atom. The first kappa shape index (κ1) is 12.0. The van der Waals surface area contributed by atoms with Crippen molar-refractivity contribution in [2.24, 2.45) is 0 Å². The van der Waals surface area contributed by atoms with E-state index < -0.39 is 0 Å². The maximum absolute atomic E-state index is 4.40. The molecule has 2 heterocycles. The molecule has 0 aliphatic rings. The average Bonchev–Trinajstić information content (AvgIpc) is 2.53. The summed E-state index contributed by atoms with van der Waals surface area (Å²) >= 11 is 1.71. The van der Waals surface area contributed by atoms with E-state index in [9.17, 15) is 0 Å². The van der Waals surface area contributed by atoms with Crippen LogP contribution >= 0.6 is 11.3 Å². The number of rotatable bonds is 3. The molecule has 0 amide bonds. The van der Waals surface area contributed by atoms with E-state index in [0.717, 1.165) is 28.6 Å². The summed E-state index contributed by atoms with van der Waals surface area (Å²) in [7, 11) is 0. The Hall–Kier alpha value is -1.49. The molecule has 0 unspecified atom stereocenters. The fourth-order valence-electron chi connectivity index (χ4n) is 1.70. The number of thiazole rings is 1. The average molecular weight is 248 g/mol. The Morgan fingerprint density at radius 3 is 2.24 bits per heavy atom. The van der Waals surface area contributed by atoms with Crippen molar-refractivity contribution in [1.29, 1.82) is 0 Å². The molecule has 0 fully saturated rings. The van der Waals surface area contributed by atoms with Gasteiger partial charge in [-0.15, -0.1) is 11.3 Å². The van der Waals surface area contributed by atoms with Gasteiger partial charge in [0, 0.05) is 16.3 Å². The first-order chi connectivity index (χ1) is 8.04. The van der Waals surface area contributed by atoms with Gasteiger partial charge in [0.2, 0.25) is 5.95 Å². The Bertz CT molecular complexity index is 513. The zero-order valence-electron chi connectivity index (χ0n) is 10.5. The smallest absolute Gasteiger partial charge is 0.223 e. The van der Waals surface area contributed by atoms with E-state index in [4.69, 9.17) is 0 Å². The van der Waals surface area contributed by atoms with Crippen molar-refractivity contribution in [3.63, 3.8) is 0 Å². The molecule has 2 aromatic heterocycles. The van der Waals surface area contributed by atoms with Crippen LogP contribution in [0.4, 0.5) is 5.95 Å². The van der Waals surface area contributed by atoms with Gasteiger partial charge in [0.15, 0.2) is 0 Å². The molecule has 17 heavy (non-hydrogen) atoms. The quantitative estimate of drug-likeness (QED) is 0.907. The van der Waals surface area contributed by atoms with Crippen LogP contribution in [0.15, 0.2) is 6.07 Å². The second-order valence-corrected chi connectivity index (χ2v) is 5.36. The molecule has 0 spiro atoms. The summed E-state index contributed by atoms with van der Waals surface area (Å²) in [6, 6.07) is 1.97. The number of anilines is 1. The van der Waals surface area contributed by atoms with Crippen molar-refractivity contribution in [3.8, 4) is 0 Å². The Balaban J connectivity index is 2.09. The van der Waals surface area contributed by atoms with Gasteiger partial charge >= 0.3 is 0 Å². The molecule has 0 aliphatic heterocycles. The van der Waals surface area contributed by atoms with Crippen LogP contribution in [-0.4, -0.2) is 15.0 Å². The highest BCUT2D eigenvalue weighted by molar-refractivity contribution is 7.11. The maximum Gasteiger partial charge on any atom is 0.223 e. The highest BCUT2D eigenvalue weighted by Crippen LogP contribution is 2.18. The first-order valence-electron chi connectivity index (χ1n) is 5.53. The van der Waals surface area contributed by atoms with E-state index in [1.165, 1.54) is 4.88 Å². The van der Waals surface area contributed by atoms with Crippen LogP contribution in [0.25, 0.3) is 0 Å². The minimum atomic E-state index is 0.688. The fraction of sp³-hybridized carbons (Fsp3) is 0.417. The molecular formula is C12H16N4S. The summed E-state index contributed by atoms with van der Waals surface area (Å²) in [5.74, 6) is 0.688. The van der Waals surface area contributed by atoms with Crippen LogP contribution in [0.2, 0.25) is 0 Å². The second kappa shape index (κ2) is 4.79. The molecule has 0 aromatic carbocycles. The third kappa shape index (κ3) is 3.00. The maximum atomic E-state index is 4.40. The van der Waals surface area contributed by atoms with Crippen molar-refractivity contribution in [2.75, 3.05) is 5.32 Å². The van der Waals surface area contributed by atoms with Crippen LogP contribution in [0.5, 0.6) is 0 Å². The van der Waals surface area contributed by atoms with E-state index in [-0.39, 0.29) is 0 Å². The zero-order chi connectivity index (χ0) is 12.4. The van der Waals surface area contributed by atoms with Gasteiger partial charge in [0.25, 0.3) is 0 Å². The van der Waals surface area contributed by atoms with Crippen LogP contribution in [0, 0.1) is 27.7 Å². The van der Waals surface area contributed by atoms with Crippen LogP contribution in [0.3, 0.4) is 0 Å². The van der Waals surface area contributed by atoms with Gasteiger partial charge in [0.1, 0.15) is 0 Å². The minimum Gasteiger partial charge on any atom is -0.349 e. The van der Waals surface area contributed by atoms with Crippen molar-refractivity contribution >= 4 is 17.3 Å². The topological polar surface area (TPSA) is 50.7 Å². The van der Waals surface area contributed by atoms with E-state index in [0.29, 0.717) is 5.95 Å². The molecule has 5 heteroatoms. The Kier molecular flexibility index (Phi) is 3.38. The van der Waals surface area contributed by atoms with Crippen molar-refractivity contribution in [2.45, 2.75) is 34.2 Å². The van der Waals surface area contributed by atoms with Crippen LogP contribution in [-0.2, 0) is 6.54 Å². The third-order valence-corrected chi connectivity index (χ3v) is 3.46. The fourth-order valence-corrected chi connectivity index (χ4v) is 2.58. The summed E-state index contributed by atoms with van der Waals surface area (Å²) in [6.45, 7) is 8.74. The van der Waals surface area contributed by atoms with Gasteiger partial charge in [-0.1, -0.05) is 0 Å². The van der Waals surface area contributed by atoms with Crippen molar-refractivity contribution in [3.05, 3.63) is 33.0 Å². The van der Waals surface area contributed by atoms with Crippen LogP contribution in [0.1, 0.15) is 27.0 Å². The van der Waals surface area contributed by atoms with Crippen molar-refractivity contribution in [1.82, 2.24) is 15.0 Å². The molecule has 4 nitrogen and oxygen atoms in total. The van der Waals surface area contributed by atoms with E-state index in [1.54, 1.807) is 11.3 Å². The summed E-state index contributed by atoms with van der Waals surface area (Å²) in [6.07, 6.45) is 0. The highest BCUT2D eigenvalue weighted by atomic mass is 32.1. The van der Waals surface area contributed by atoms with Gasteiger partial charge in [-0.3, -0.25) is 0 Å². The summed E-state index contributed by atoms with van der Waals surface area (Å²) in [5.41, 5.74) is 3.05. The largest absolute Gasteiger partial charge is 0.349 e. The molecule has 0 aliphatic carbocycles. The lowest BCUT2D eigenvalue weighted by Gasteiger charge is -2.05. The monoisotopic (exact) mass is 248 g/mol. The molecule has 0 radical (unpaired) electrons. The molecule has 1 N–H and O–H groups in total. The second-order valence-electron chi connectivity index (χ2n) is 4.07. The van der Waals surface area contributed by atoms with E-state index >= 15 is 0 Å². The predicted molar refractivity (Wildman–Crippen MR) is 70.4 cm³/mol. The van der Waals surface area contributed by atoms with Crippen LogP contribution < -0.4 is 5.32 Å². The Morgan fingerprint density at radius 2 is 1.71 bits per heavy atom. The number of hydrogen-bond acceptors (Lipinski definition) is 5. The number of aryl methyl sites for hydroxylation is 4. The lowest BCUT2D eigenvalue weighted by atomic mass is 10.3. The van der Waals surface area contributed by atoms with Gasteiger partial charge in [-0.2, -0.15) is 0 Å². The molecular weight excluding hydrogens is 232 g/mol. The summed E-state index contributed by atoms with van der Waals surface area (Å²) < 4.78 is 0. The Labute approximate surface area is 105 Å².